The van der Waals surface area contributed by atoms with Crippen LogP contribution in [0.25, 0.3) is 21.9 Å². The molecule has 0 saturated carbocycles. The van der Waals surface area contributed by atoms with E-state index in [1.54, 1.807) is 13.0 Å². The third-order valence-corrected chi connectivity index (χ3v) is 5.07. The Hall–Kier alpha value is -4.41. The molecule has 0 aliphatic carbocycles. The predicted molar refractivity (Wildman–Crippen MR) is 115 cm³/mol. The van der Waals surface area contributed by atoms with Crippen LogP contribution in [-0.4, -0.2) is 30.2 Å². The van der Waals surface area contributed by atoms with E-state index in [4.69, 9.17) is 4.52 Å². The van der Waals surface area contributed by atoms with Crippen molar-refractivity contribution >= 4 is 33.5 Å². The van der Waals surface area contributed by atoms with Gasteiger partial charge in [0.1, 0.15) is 35.8 Å². The number of carbonyl (C=O) groups excluding carboxylic acids is 1. The van der Waals surface area contributed by atoms with E-state index in [-0.39, 0.29) is 35.7 Å². The zero-order valence-corrected chi connectivity index (χ0v) is 17.2. The predicted octanol–water partition coefficient (Wildman–Crippen LogP) is 3.01. The van der Waals surface area contributed by atoms with Crippen LogP contribution >= 0.6 is 0 Å². The summed E-state index contributed by atoms with van der Waals surface area (Å²) in [4.78, 5) is 34.5. The maximum Gasteiger partial charge on any atom is 0.278 e. The topological polar surface area (TPSA) is 108 Å². The summed E-state index contributed by atoms with van der Waals surface area (Å²) in [5.41, 5.74) is 0.631. The number of carbonyl (C=O) groups is 1. The molecule has 2 aromatic carbocycles. The van der Waals surface area contributed by atoms with Crippen LogP contribution in [0.5, 0.6) is 0 Å². The van der Waals surface area contributed by atoms with E-state index < -0.39 is 23.1 Å². The number of rotatable bonds is 5. The van der Waals surface area contributed by atoms with Gasteiger partial charge < -0.3 is 14.4 Å². The van der Waals surface area contributed by atoms with Crippen LogP contribution < -0.4 is 10.9 Å². The number of nitrogens with zero attached hydrogens (tertiary/aromatic N) is 5. The molecular weight excluding hydrogens is 434 g/mol. The molecule has 5 rings (SSSR count). The molecule has 0 spiro atoms. The van der Waals surface area contributed by atoms with Gasteiger partial charge in [-0.1, -0.05) is 11.2 Å². The molecule has 1 amide bonds. The van der Waals surface area contributed by atoms with Crippen molar-refractivity contribution in [2.24, 2.45) is 0 Å². The molecule has 0 aliphatic heterocycles. The lowest BCUT2D eigenvalue weighted by Crippen LogP contribution is -2.25. The first-order valence-corrected chi connectivity index (χ1v) is 9.90. The molecule has 166 valence electrons. The molecule has 0 atom stereocenters. The summed E-state index contributed by atoms with van der Waals surface area (Å²) in [7, 11) is 0. The highest BCUT2D eigenvalue weighted by atomic mass is 19.1. The van der Waals surface area contributed by atoms with E-state index >= 15 is 0 Å². The first kappa shape index (κ1) is 20.5. The second kappa shape index (κ2) is 7.93. The van der Waals surface area contributed by atoms with Crippen molar-refractivity contribution < 1.29 is 18.1 Å². The highest BCUT2D eigenvalue weighted by Crippen LogP contribution is 2.26. The molecule has 0 unspecified atom stereocenters. The fraction of sp³-hybridized carbons (Fsp3) is 0.136. The number of hydrogen-bond donors (Lipinski definition) is 1. The Bertz CT molecular complexity index is 1590. The van der Waals surface area contributed by atoms with Crippen LogP contribution in [0.1, 0.15) is 11.7 Å². The number of benzene rings is 2. The van der Waals surface area contributed by atoms with E-state index in [9.17, 15) is 18.4 Å². The average Bonchev–Trinajstić information content (AvgIpc) is 3.31. The molecular formula is C22H16F2N6O3. The van der Waals surface area contributed by atoms with Crippen LogP contribution in [0, 0.1) is 18.6 Å². The lowest BCUT2D eigenvalue weighted by Gasteiger charge is -2.09. The molecule has 33 heavy (non-hydrogen) atoms. The first-order chi connectivity index (χ1) is 15.9. The minimum absolute atomic E-state index is 0.0199. The monoisotopic (exact) mass is 450 g/mol. The van der Waals surface area contributed by atoms with Crippen molar-refractivity contribution in [3.8, 4) is 0 Å². The van der Waals surface area contributed by atoms with E-state index in [2.05, 4.69) is 20.4 Å². The fourth-order valence-electron chi connectivity index (χ4n) is 3.71. The van der Waals surface area contributed by atoms with Gasteiger partial charge in [0, 0.05) is 11.1 Å². The van der Waals surface area contributed by atoms with Gasteiger partial charge in [0.05, 0.1) is 11.8 Å². The molecule has 3 aromatic heterocycles. The summed E-state index contributed by atoms with van der Waals surface area (Å²) in [5, 5.41) is 6.70. The highest BCUT2D eigenvalue weighted by Gasteiger charge is 2.20. The zero-order valence-electron chi connectivity index (χ0n) is 17.2. The lowest BCUT2D eigenvalue weighted by molar-refractivity contribution is -0.116. The van der Waals surface area contributed by atoms with Crippen molar-refractivity contribution in [3.63, 3.8) is 0 Å². The minimum Gasteiger partial charge on any atom is -0.337 e. The zero-order chi connectivity index (χ0) is 23.1. The normalized spacial score (nSPS) is 11.4. The molecule has 11 heteroatoms. The van der Waals surface area contributed by atoms with Crippen molar-refractivity contribution in [2.75, 3.05) is 5.32 Å². The fourth-order valence-corrected chi connectivity index (χ4v) is 3.71. The van der Waals surface area contributed by atoms with Gasteiger partial charge in [-0.05, 0) is 43.3 Å². The van der Waals surface area contributed by atoms with Gasteiger partial charge in [0.25, 0.3) is 5.56 Å². The number of amides is 1. The van der Waals surface area contributed by atoms with Gasteiger partial charge in [0.15, 0.2) is 5.82 Å². The lowest BCUT2D eigenvalue weighted by atomic mass is 10.2. The first-order valence-electron chi connectivity index (χ1n) is 9.90. The van der Waals surface area contributed by atoms with Crippen LogP contribution in [0.3, 0.4) is 0 Å². The van der Waals surface area contributed by atoms with E-state index in [0.29, 0.717) is 16.7 Å². The molecule has 0 saturated heterocycles. The molecule has 9 nitrogen and oxygen atoms in total. The second-order valence-electron chi connectivity index (χ2n) is 7.42. The number of aromatic nitrogens is 5. The van der Waals surface area contributed by atoms with E-state index in [1.165, 1.54) is 51.9 Å². The van der Waals surface area contributed by atoms with Gasteiger partial charge in [-0.15, -0.1) is 0 Å². The Morgan fingerprint density at radius 3 is 2.73 bits per heavy atom. The number of fused-ring (bicyclic) bond motifs is 3. The van der Waals surface area contributed by atoms with Crippen LogP contribution in [0.4, 0.5) is 14.5 Å². The molecule has 0 bridgehead atoms. The van der Waals surface area contributed by atoms with Crippen LogP contribution in [-0.2, 0) is 17.9 Å². The number of halogens is 2. The van der Waals surface area contributed by atoms with E-state index in [1.807, 2.05) is 0 Å². The van der Waals surface area contributed by atoms with Gasteiger partial charge in [-0.25, -0.2) is 13.8 Å². The third-order valence-electron chi connectivity index (χ3n) is 5.07. The molecule has 0 aliphatic rings. The van der Waals surface area contributed by atoms with Crippen LogP contribution in [0.2, 0.25) is 0 Å². The van der Waals surface area contributed by atoms with Crippen molar-refractivity contribution in [2.45, 2.75) is 20.0 Å². The standard InChI is InChI=1S/C22H16F2N6O3/c1-12-26-19(33-28-12)10-29-11-25-20-16-8-14(24)5-6-17(16)30(21(20)22(29)32)9-18(31)27-15-4-2-3-13(23)7-15/h2-8,11H,9-10H2,1H3,(H,27,31). The quantitative estimate of drug-likeness (QED) is 0.441. The Morgan fingerprint density at radius 1 is 1.15 bits per heavy atom. The largest absolute Gasteiger partial charge is 0.337 e. The Morgan fingerprint density at radius 2 is 1.97 bits per heavy atom. The summed E-state index contributed by atoms with van der Waals surface area (Å²) < 4.78 is 35.2. The number of hydrogen-bond acceptors (Lipinski definition) is 6. The summed E-state index contributed by atoms with van der Waals surface area (Å²) in [6, 6.07) is 9.43. The summed E-state index contributed by atoms with van der Waals surface area (Å²) >= 11 is 0. The number of aryl methyl sites for hydroxylation is 1. The van der Waals surface area contributed by atoms with E-state index in [0.717, 1.165) is 0 Å². The van der Waals surface area contributed by atoms with Crippen molar-refractivity contribution in [3.05, 3.63) is 82.5 Å². The van der Waals surface area contributed by atoms with Gasteiger partial charge in [-0.3, -0.25) is 14.2 Å². The van der Waals surface area contributed by atoms with Crippen molar-refractivity contribution in [1.29, 1.82) is 0 Å². The highest BCUT2D eigenvalue weighted by molar-refractivity contribution is 6.06. The molecule has 0 radical (unpaired) electrons. The third kappa shape index (κ3) is 3.84. The Labute approximate surface area is 184 Å². The van der Waals surface area contributed by atoms with Gasteiger partial charge in [0.2, 0.25) is 11.8 Å². The second-order valence-corrected chi connectivity index (χ2v) is 7.42. The maximum atomic E-state index is 14.0. The summed E-state index contributed by atoms with van der Waals surface area (Å²) in [6.45, 7) is 1.36. The van der Waals surface area contributed by atoms with Gasteiger partial charge in [-0.2, -0.15) is 4.98 Å². The van der Waals surface area contributed by atoms with Crippen molar-refractivity contribution in [1.82, 2.24) is 24.3 Å². The summed E-state index contributed by atoms with van der Waals surface area (Å²) in [5.74, 6) is -0.855. The number of anilines is 1. The van der Waals surface area contributed by atoms with Crippen LogP contribution in [0.15, 0.2) is 58.1 Å². The molecule has 1 N–H and O–H groups in total. The molecule has 0 fully saturated rings. The molecule has 3 heterocycles. The average molecular weight is 450 g/mol. The summed E-state index contributed by atoms with van der Waals surface area (Å²) in [6.07, 6.45) is 1.31. The smallest absolute Gasteiger partial charge is 0.278 e. The Balaban J connectivity index is 1.61. The molecule has 5 aromatic rings. The Kier molecular flexibility index (Phi) is 4.93. The SMILES string of the molecule is Cc1noc(Cn2cnc3c4cc(F)ccc4n(CC(=O)Nc4cccc(F)c4)c3c2=O)n1. The minimum atomic E-state index is -0.502. The number of nitrogens with one attached hydrogen (secondary N) is 1. The van der Waals surface area contributed by atoms with Gasteiger partial charge >= 0.3 is 0 Å². The maximum absolute atomic E-state index is 14.0.